The molecule has 0 fully saturated rings. The fourth-order valence-corrected chi connectivity index (χ4v) is 3.51. The number of primary amides is 1. The van der Waals surface area contributed by atoms with Gasteiger partial charge in [-0.15, -0.1) is 0 Å². The van der Waals surface area contributed by atoms with E-state index in [-0.39, 0.29) is 5.91 Å². The Hall–Kier alpha value is -3.25. The van der Waals surface area contributed by atoms with E-state index in [0.29, 0.717) is 17.0 Å². The van der Waals surface area contributed by atoms with Crippen LogP contribution in [0.5, 0.6) is 0 Å². The summed E-state index contributed by atoms with van der Waals surface area (Å²) in [5.74, 6) is -1.30. The van der Waals surface area contributed by atoms with Crippen molar-refractivity contribution in [3.63, 3.8) is 0 Å². The summed E-state index contributed by atoms with van der Waals surface area (Å²) in [6.07, 6.45) is 0. The van der Waals surface area contributed by atoms with Crippen molar-refractivity contribution in [3.05, 3.63) is 94.0 Å². The van der Waals surface area contributed by atoms with Gasteiger partial charge in [0.2, 0.25) is 11.8 Å². The third-order valence-electron chi connectivity index (χ3n) is 4.59. The first kappa shape index (κ1) is 18.1. The van der Waals surface area contributed by atoms with Gasteiger partial charge < -0.3 is 11.1 Å². The van der Waals surface area contributed by atoms with Crippen LogP contribution in [-0.4, -0.2) is 17.5 Å². The van der Waals surface area contributed by atoms with Crippen LogP contribution in [0.4, 0.5) is 11.4 Å². The molecular formula is C22H16BrN3O2. The molecule has 138 valence electrons. The Kier molecular flexibility index (Phi) is 4.79. The number of nitrogens with zero attached hydrogens (tertiary/aromatic N) is 1. The summed E-state index contributed by atoms with van der Waals surface area (Å²) < 4.78 is 0.954. The first-order valence-corrected chi connectivity index (χ1v) is 9.46. The lowest BCUT2D eigenvalue weighted by Crippen LogP contribution is -2.21. The molecule has 6 heteroatoms. The van der Waals surface area contributed by atoms with Crippen molar-refractivity contribution in [1.82, 2.24) is 0 Å². The minimum absolute atomic E-state index is 0.184. The smallest absolute Gasteiger partial charge is 0.248 e. The van der Waals surface area contributed by atoms with Crippen molar-refractivity contribution in [2.24, 2.45) is 10.7 Å². The number of amides is 2. The number of hydrogen-bond donors (Lipinski definition) is 2. The number of hydrogen-bond acceptors (Lipinski definition) is 3. The average molecular weight is 434 g/mol. The highest BCUT2D eigenvalue weighted by Crippen LogP contribution is 2.37. The van der Waals surface area contributed by atoms with Crippen LogP contribution in [0.15, 0.2) is 82.3 Å². The van der Waals surface area contributed by atoms with Gasteiger partial charge in [-0.25, -0.2) is 0 Å². The van der Waals surface area contributed by atoms with Crippen molar-refractivity contribution in [3.8, 4) is 0 Å². The molecule has 2 amide bonds. The van der Waals surface area contributed by atoms with Crippen molar-refractivity contribution in [2.45, 2.75) is 5.92 Å². The van der Waals surface area contributed by atoms with Gasteiger partial charge in [0.15, 0.2) is 0 Å². The molecule has 0 bridgehead atoms. The van der Waals surface area contributed by atoms with Crippen molar-refractivity contribution < 1.29 is 9.59 Å². The molecule has 3 aromatic rings. The zero-order valence-corrected chi connectivity index (χ0v) is 16.3. The van der Waals surface area contributed by atoms with Crippen LogP contribution >= 0.6 is 15.9 Å². The fourth-order valence-electron chi connectivity index (χ4n) is 3.25. The molecule has 1 aliphatic rings. The largest absolute Gasteiger partial charge is 0.366 e. The lowest BCUT2D eigenvalue weighted by atomic mass is 9.90. The van der Waals surface area contributed by atoms with E-state index in [0.717, 1.165) is 21.3 Å². The van der Waals surface area contributed by atoms with Gasteiger partial charge in [-0.05, 0) is 47.5 Å². The average Bonchev–Trinajstić information content (AvgIpc) is 3.03. The Morgan fingerprint density at radius 2 is 1.68 bits per heavy atom. The predicted molar refractivity (Wildman–Crippen MR) is 113 cm³/mol. The van der Waals surface area contributed by atoms with Gasteiger partial charge >= 0.3 is 0 Å². The Morgan fingerprint density at radius 1 is 0.964 bits per heavy atom. The maximum absolute atomic E-state index is 12.9. The number of carbonyl (C=O) groups excluding carboxylic acids is 2. The van der Waals surface area contributed by atoms with Crippen molar-refractivity contribution in [2.75, 3.05) is 5.32 Å². The Balaban J connectivity index is 1.85. The minimum Gasteiger partial charge on any atom is -0.366 e. The number of carbonyl (C=O) groups is 2. The third-order valence-corrected chi connectivity index (χ3v) is 5.12. The molecule has 1 unspecified atom stereocenters. The molecule has 1 atom stereocenters. The first-order chi connectivity index (χ1) is 13.5. The number of rotatable bonds is 4. The zero-order valence-electron chi connectivity index (χ0n) is 14.7. The number of halogens is 1. The van der Waals surface area contributed by atoms with Crippen LogP contribution in [0.3, 0.4) is 0 Å². The topological polar surface area (TPSA) is 84.5 Å². The van der Waals surface area contributed by atoms with E-state index in [1.165, 1.54) is 0 Å². The molecule has 4 rings (SSSR count). The highest BCUT2D eigenvalue weighted by atomic mass is 79.9. The van der Waals surface area contributed by atoms with E-state index in [9.17, 15) is 9.59 Å². The molecule has 3 aromatic carbocycles. The van der Waals surface area contributed by atoms with E-state index in [2.05, 4.69) is 21.2 Å². The molecule has 3 N–H and O–H groups in total. The van der Waals surface area contributed by atoms with E-state index >= 15 is 0 Å². The van der Waals surface area contributed by atoms with Gasteiger partial charge in [0.05, 0.1) is 11.4 Å². The molecule has 0 saturated carbocycles. The SMILES string of the molecule is NC(=O)c1ccc2c(c1)NC(=O)C2C(=Nc1ccc(Br)cc1)c1ccccc1. The van der Waals surface area contributed by atoms with Crippen LogP contribution in [0.25, 0.3) is 0 Å². The first-order valence-electron chi connectivity index (χ1n) is 8.67. The number of fused-ring (bicyclic) bond motifs is 1. The summed E-state index contributed by atoms with van der Waals surface area (Å²) in [6, 6.07) is 22.2. The van der Waals surface area contributed by atoms with Crippen LogP contribution in [0.1, 0.15) is 27.4 Å². The summed E-state index contributed by atoms with van der Waals surface area (Å²) in [5.41, 5.74) is 9.33. The molecule has 5 nitrogen and oxygen atoms in total. The molecule has 0 aromatic heterocycles. The lowest BCUT2D eigenvalue weighted by Gasteiger charge is -2.14. The summed E-state index contributed by atoms with van der Waals surface area (Å²) >= 11 is 3.42. The summed E-state index contributed by atoms with van der Waals surface area (Å²) in [7, 11) is 0. The second-order valence-corrected chi connectivity index (χ2v) is 7.34. The van der Waals surface area contributed by atoms with Gasteiger partial charge in [0, 0.05) is 15.7 Å². The number of benzene rings is 3. The number of nitrogens with one attached hydrogen (secondary N) is 1. The number of anilines is 1. The normalized spacial score (nSPS) is 15.8. The van der Waals surface area contributed by atoms with E-state index in [1.54, 1.807) is 18.2 Å². The van der Waals surface area contributed by atoms with Crippen molar-refractivity contribution in [1.29, 1.82) is 0 Å². The summed E-state index contributed by atoms with van der Waals surface area (Å²) in [4.78, 5) is 29.1. The quantitative estimate of drug-likeness (QED) is 0.597. The molecule has 0 saturated heterocycles. The van der Waals surface area contributed by atoms with Gasteiger partial charge in [-0.2, -0.15) is 0 Å². The minimum atomic E-state index is -0.581. The number of nitrogens with two attached hydrogens (primary N) is 1. The second-order valence-electron chi connectivity index (χ2n) is 6.43. The summed E-state index contributed by atoms with van der Waals surface area (Å²) in [5, 5.41) is 2.85. The Labute approximate surface area is 170 Å². The highest BCUT2D eigenvalue weighted by Gasteiger charge is 2.35. The van der Waals surface area contributed by atoms with Gasteiger partial charge in [-0.3, -0.25) is 14.6 Å². The molecule has 1 aliphatic heterocycles. The fraction of sp³-hybridized carbons (Fsp3) is 0.0455. The van der Waals surface area contributed by atoms with E-state index < -0.39 is 11.8 Å². The van der Waals surface area contributed by atoms with Gasteiger partial charge in [0.1, 0.15) is 5.92 Å². The van der Waals surface area contributed by atoms with E-state index in [1.807, 2.05) is 54.6 Å². The predicted octanol–water partition coefficient (Wildman–Crippen LogP) is 4.40. The standard InChI is InChI=1S/C22H16BrN3O2/c23-15-7-9-16(10-8-15)25-20(13-4-2-1-3-5-13)19-17-11-6-14(21(24)27)12-18(17)26-22(19)28/h1-12,19H,(H2,24,27)(H,26,28). The van der Waals surface area contributed by atoms with Crippen LogP contribution < -0.4 is 11.1 Å². The maximum atomic E-state index is 12.9. The molecule has 28 heavy (non-hydrogen) atoms. The highest BCUT2D eigenvalue weighted by molar-refractivity contribution is 9.10. The number of aliphatic imine (C=N–C) groups is 1. The molecule has 0 spiro atoms. The van der Waals surface area contributed by atoms with Crippen LogP contribution in [-0.2, 0) is 4.79 Å². The molecular weight excluding hydrogens is 418 g/mol. The lowest BCUT2D eigenvalue weighted by molar-refractivity contribution is -0.115. The maximum Gasteiger partial charge on any atom is 0.248 e. The molecule has 0 radical (unpaired) electrons. The van der Waals surface area contributed by atoms with E-state index in [4.69, 9.17) is 10.7 Å². The van der Waals surface area contributed by atoms with Crippen LogP contribution in [0, 0.1) is 0 Å². The van der Waals surface area contributed by atoms with Gasteiger partial charge in [-0.1, -0.05) is 52.3 Å². The van der Waals surface area contributed by atoms with Crippen LogP contribution in [0.2, 0.25) is 0 Å². The summed E-state index contributed by atoms with van der Waals surface area (Å²) in [6.45, 7) is 0. The molecule has 1 heterocycles. The van der Waals surface area contributed by atoms with Crippen molar-refractivity contribution >= 4 is 44.8 Å². The second kappa shape index (κ2) is 7.40. The molecule has 0 aliphatic carbocycles. The third kappa shape index (κ3) is 3.46. The Bertz CT molecular complexity index is 1090. The monoisotopic (exact) mass is 433 g/mol. The van der Waals surface area contributed by atoms with Gasteiger partial charge in [0.25, 0.3) is 0 Å². The Morgan fingerprint density at radius 3 is 2.36 bits per heavy atom. The zero-order chi connectivity index (χ0) is 19.7.